The van der Waals surface area contributed by atoms with Gasteiger partial charge in [0.05, 0.1) is 22.9 Å². The number of amides is 1. The number of sulfonamides is 1. The van der Waals surface area contributed by atoms with Gasteiger partial charge in [-0.15, -0.1) is 0 Å². The van der Waals surface area contributed by atoms with E-state index in [0.717, 1.165) is 17.5 Å². The quantitative estimate of drug-likeness (QED) is 0.590. The first-order chi connectivity index (χ1) is 14.5. The average Bonchev–Trinajstić information content (AvgIpc) is 3.09. The van der Waals surface area contributed by atoms with Crippen molar-refractivity contribution in [2.75, 3.05) is 50.8 Å². The Hall–Kier alpha value is -1.49. The topological polar surface area (TPSA) is 95.1 Å². The summed E-state index contributed by atoms with van der Waals surface area (Å²) in [7, 11) is -6.61. The van der Waals surface area contributed by atoms with Gasteiger partial charge in [-0.05, 0) is 56.5 Å². The minimum absolute atomic E-state index is 0.0685. The monoisotopic (exact) mass is 471 g/mol. The molecule has 8 nitrogen and oxygen atoms in total. The van der Waals surface area contributed by atoms with Gasteiger partial charge in [-0.25, -0.2) is 16.8 Å². The zero-order chi connectivity index (χ0) is 22.8. The smallest absolute Gasteiger partial charge is 0.243 e. The minimum atomic E-state index is -3.59. The van der Waals surface area contributed by atoms with Crippen LogP contribution in [0.4, 0.5) is 0 Å². The number of sulfone groups is 1. The van der Waals surface area contributed by atoms with Crippen LogP contribution in [-0.2, 0) is 24.7 Å². The van der Waals surface area contributed by atoms with E-state index in [-0.39, 0.29) is 48.0 Å². The third kappa shape index (κ3) is 5.66. The van der Waals surface area contributed by atoms with Crippen molar-refractivity contribution in [3.05, 3.63) is 29.3 Å². The molecule has 0 saturated carbocycles. The summed E-state index contributed by atoms with van der Waals surface area (Å²) in [4.78, 5) is 16.8. The molecule has 1 amide bonds. The maximum absolute atomic E-state index is 13.0. The van der Waals surface area contributed by atoms with Gasteiger partial charge in [-0.2, -0.15) is 4.31 Å². The Morgan fingerprint density at radius 2 is 1.81 bits per heavy atom. The average molecular weight is 472 g/mol. The van der Waals surface area contributed by atoms with Crippen molar-refractivity contribution in [2.45, 2.75) is 44.6 Å². The van der Waals surface area contributed by atoms with Gasteiger partial charge in [0.1, 0.15) is 0 Å². The van der Waals surface area contributed by atoms with Crippen LogP contribution >= 0.6 is 0 Å². The van der Waals surface area contributed by atoms with Crippen LogP contribution in [0.2, 0.25) is 0 Å². The number of benzene rings is 1. The molecule has 10 heteroatoms. The number of rotatable bonds is 7. The lowest BCUT2D eigenvalue weighted by molar-refractivity contribution is -0.134. The fourth-order valence-electron chi connectivity index (χ4n) is 4.22. The highest BCUT2D eigenvalue weighted by Gasteiger charge is 2.35. The second-order valence-electron chi connectivity index (χ2n) is 8.56. The molecule has 1 atom stereocenters. The van der Waals surface area contributed by atoms with Crippen LogP contribution in [0.3, 0.4) is 0 Å². The summed E-state index contributed by atoms with van der Waals surface area (Å²) in [6.07, 6.45) is 1.41. The lowest BCUT2D eigenvalue weighted by Gasteiger charge is -2.36. The minimum Gasteiger partial charge on any atom is -0.339 e. The first-order valence-corrected chi connectivity index (χ1v) is 14.1. The molecule has 31 heavy (non-hydrogen) atoms. The molecule has 1 aromatic carbocycles. The SMILES string of the molecule is CCCN(CC(=O)N1CCN(S(=O)(=O)c2ccc(C)c(C)c2)CC1)C1CCS(=O)(=O)C1. The molecule has 0 aromatic heterocycles. The molecule has 0 radical (unpaired) electrons. The van der Waals surface area contributed by atoms with E-state index in [9.17, 15) is 21.6 Å². The predicted octanol–water partition coefficient (Wildman–Crippen LogP) is 1.04. The summed E-state index contributed by atoms with van der Waals surface area (Å²) in [5, 5.41) is 0. The van der Waals surface area contributed by atoms with Crippen molar-refractivity contribution in [3.8, 4) is 0 Å². The summed E-state index contributed by atoms with van der Waals surface area (Å²) in [6, 6.07) is 5.03. The second-order valence-corrected chi connectivity index (χ2v) is 12.7. The molecule has 0 aliphatic carbocycles. The zero-order valence-corrected chi connectivity index (χ0v) is 20.2. The molecule has 0 bridgehead atoms. The molecule has 1 aromatic rings. The molecule has 174 valence electrons. The normalized spacial score (nSPS) is 22.2. The van der Waals surface area contributed by atoms with Crippen LogP contribution in [0.15, 0.2) is 23.1 Å². The summed E-state index contributed by atoms with van der Waals surface area (Å²) in [5.41, 5.74) is 1.97. The Balaban J connectivity index is 1.60. The van der Waals surface area contributed by atoms with E-state index in [2.05, 4.69) is 0 Å². The Morgan fingerprint density at radius 3 is 2.35 bits per heavy atom. The van der Waals surface area contributed by atoms with Crippen molar-refractivity contribution < 1.29 is 21.6 Å². The first-order valence-electron chi connectivity index (χ1n) is 10.8. The number of nitrogens with zero attached hydrogens (tertiary/aromatic N) is 3. The van der Waals surface area contributed by atoms with Crippen LogP contribution in [0, 0.1) is 13.8 Å². The number of hydrogen-bond acceptors (Lipinski definition) is 6. The van der Waals surface area contributed by atoms with Gasteiger partial charge >= 0.3 is 0 Å². The van der Waals surface area contributed by atoms with Crippen LogP contribution in [0.1, 0.15) is 30.9 Å². The van der Waals surface area contributed by atoms with Crippen LogP contribution in [0.5, 0.6) is 0 Å². The predicted molar refractivity (Wildman–Crippen MR) is 120 cm³/mol. The summed E-state index contributed by atoms with van der Waals surface area (Å²) < 4.78 is 51.1. The van der Waals surface area contributed by atoms with Gasteiger partial charge < -0.3 is 4.90 Å². The molecule has 2 aliphatic rings. The number of aryl methyl sites for hydroxylation is 2. The maximum atomic E-state index is 13.0. The van der Waals surface area contributed by atoms with Crippen LogP contribution in [0.25, 0.3) is 0 Å². The highest BCUT2D eigenvalue weighted by molar-refractivity contribution is 7.91. The molecule has 2 heterocycles. The lowest BCUT2D eigenvalue weighted by Crippen LogP contribution is -2.53. The number of piperazine rings is 1. The molecular weight excluding hydrogens is 438 g/mol. The van der Waals surface area contributed by atoms with Gasteiger partial charge in [0, 0.05) is 32.2 Å². The standard InChI is InChI=1S/C21H33N3O5S2/c1-4-8-23(19-7-13-30(26,27)16-19)15-21(25)22-9-11-24(12-10-22)31(28,29)20-6-5-17(2)18(3)14-20/h5-6,14,19H,4,7-13,15-16H2,1-3H3. The molecule has 0 spiro atoms. The summed E-state index contributed by atoms with van der Waals surface area (Å²) in [6.45, 7) is 7.89. The Bertz CT molecular complexity index is 1020. The number of carbonyl (C=O) groups excluding carboxylic acids is 1. The van der Waals surface area contributed by atoms with Crippen molar-refractivity contribution in [3.63, 3.8) is 0 Å². The van der Waals surface area contributed by atoms with Gasteiger partial charge in [-0.3, -0.25) is 9.69 Å². The second kappa shape index (κ2) is 9.56. The highest BCUT2D eigenvalue weighted by atomic mass is 32.2. The third-order valence-electron chi connectivity index (χ3n) is 6.28. The molecule has 2 fully saturated rings. The lowest BCUT2D eigenvalue weighted by atomic mass is 10.1. The van der Waals surface area contributed by atoms with Crippen molar-refractivity contribution in [1.82, 2.24) is 14.1 Å². The fraction of sp³-hybridized carbons (Fsp3) is 0.667. The largest absolute Gasteiger partial charge is 0.339 e. The highest BCUT2D eigenvalue weighted by Crippen LogP contribution is 2.21. The Labute approximate surface area is 186 Å². The van der Waals surface area contributed by atoms with E-state index < -0.39 is 19.9 Å². The molecular formula is C21H33N3O5S2. The van der Waals surface area contributed by atoms with Crippen molar-refractivity contribution >= 4 is 25.8 Å². The van der Waals surface area contributed by atoms with E-state index in [0.29, 0.717) is 26.1 Å². The summed E-state index contributed by atoms with van der Waals surface area (Å²) in [5.74, 6) is 0.226. The van der Waals surface area contributed by atoms with Gasteiger partial charge in [0.15, 0.2) is 9.84 Å². The molecule has 0 N–H and O–H groups in total. The summed E-state index contributed by atoms with van der Waals surface area (Å²) >= 11 is 0. The van der Waals surface area contributed by atoms with E-state index >= 15 is 0 Å². The van der Waals surface area contributed by atoms with Gasteiger partial charge in [-0.1, -0.05) is 13.0 Å². The van der Waals surface area contributed by atoms with Crippen molar-refractivity contribution in [1.29, 1.82) is 0 Å². The number of carbonyl (C=O) groups is 1. The molecule has 2 saturated heterocycles. The van der Waals surface area contributed by atoms with E-state index in [1.807, 2.05) is 31.7 Å². The molecule has 2 aliphatic heterocycles. The van der Waals surface area contributed by atoms with Gasteiger partial charge in [0.2, 0.25) is 15.9 Å². The third-order valence-corrected chi connectivity index (χ3v) is 9.93. The fourth-order valence-corrected chi connectivity index (χ4v) is 7.49. The van der Waals surface area contributed by atoms with Crippen molar-refractivity contribution in [2.24, 2.45) is 0 Å². The van der Waals surface area contributed by atoms with E-state index in [1.54, 1.807) is 17.0 Å². The van der Waals surface area contributed by atoms with Crippen LogP contribution in [-0.4, -0.2) is 93.7 Å². The Morgan fingerprint density at radius 1 is 1.13 bits per heavy atom. The van der Waals surface area contributed by atoms with Crippen LogP contribution < -0.4 is 0 Å². The van der Waals surface area contributed by atoms with E-state index in [1.165, 1.54) is 4.31 Å². The maximum Gasteiger partial charge on any atom is 0.243 e. The zero-order valence-electron chi connectivity index (χ0n) is 18.6. The molecule has 1 unspecified atom stereocenters. The first kappa shape index (κ1) is 24.2. The molecule has 3 rings (SSSR count). The van der Waals surface area contributed by atoms with Gasteiger partial charge in [0.25, 0.3) is 0 Å². The number of hydrogen-bond donors (Lipinski definition) is 0. The van der Waals surface area contributed by atoms with E-state index in [4.69, 9.17) is 0 Å². The Kier molecular flexibility index (Phi) is 7.45.